The van der Waals surface area contributed by atoms with Crippen molar-refractivity contribution in [2.45, 2.75) is 13.0 Å². The molecule has 0 fully saturated rings. The number of aryl methyl sites for hydroxylation is 1. The van der Waals surface area contributed by atoms with Crippen LogP contribution >= 0.6 is 22.6 Å². The second kappa shape index (κ2) is 5.94. The maximum absolute atomic E-state index is 13.3. The van der Waals surface area contributed by atoms with Crippen molar-refractivity contribution >= 4 is 22.6 Å². The van der Waals surface area contributed by atoms with Crippen molar-refractivity contribution in [1.82, 2.24) is 5.43 Å². The maximum atomic E-state index is 13.3. The molecule has 3 N–H and O–H groups in total. The molecule has 0 aliphatic heterocycles. The summed E-state index contributed by atoms with van der Waals surface area (Å²) in [6, 6.07) is 9.03. The van der Waals surface area contributed by atoms with E-state index in [1.807, 2.05) is 0 Å². The molecule has 2 aromatic carbocycles. The average molecular weight is 374 g/mol. The second-order valence-corrected chi connectivity index (χ2v) is 5.44. The molecule has 2 nitrogen and oxygen atoms in total. The topological polar surface area (TPSA) is 38.0 Å². The third-order valence-electron chi connectivity index (χ3n) is 2.96. The lowest BCUT2D eigenvalue weighted by molar-refractivity contribution is 0.602. The Labute approximate surface area is 124 Å². The quantitative estimate of drug-likeness (QED) is 0.491. The second-order valence-electron chi connectivity index (χ2n) is 4.27. The van der Waals surface area contributed by atoms with Crippen molar-refractivity contribution in [3.05, 3.63) is 68.3 Å². The predicted molar refractivity (Wildman–Crippen MR) is 79.4 cm³/mol. The summed E-state index contributed by atoms with van der Waals surface area (Å²) in [4.78, 5) is 0. The van der Waals surface area contributed by atoms with Gasteiger partial charge in [0, 0.05) is 3.57 Å². The molecule has 2 aromatic rings. The molecule has 100 valence electrons. The van der Waals surface area contributed by atoms with Gasteiger partial charge in [0.2, 0.25) is 0 Å². The summed E-state index contributed by atoms with van der Waals surface area (Å²) in [6.45, 7) is 1.70. The highest BCUT2D eigenvalue weighted by molar-refractivity contribution is 14.1. The summed E-state index contributed by atoms with van der Waals surface area (Å²) in [6.07, 6.45) is 0. The van der Waals surface area contributed by atoms with Crippen molar-refractivity contribution in [3.63, 3.8) is 0 Å². The van der Waals surface area contributed by atoms with Gasteiger partial charge >= 0.3 is 0 Å². The van der Waals surface area contributed by atoms with Crippen molar-refractivity contribution in [3.8, 4) is 0 Å². The van der Waals surface area contributed by atoms with Gasteiger partial charge in [0.25, 0.3) is 0 Å². The van der Waals surface area contributed by atoms with Crippen LogP contribution in [0.3, 0.4) is 0 Å². The first-order valence-electron chi connectivity index (χ1n) is 5.70. The first-order valence-corrected chi connectivity index (χ1v) is 6.78. The molecule has 19 heavy (non-hydrogen) atoms. The smallest absolute Gasteiger partial charge is 0.126 e. The average Bonchev–Trinajstić information content (AvgIpc) is 2.37. The number of hydrogen-bond acceptors (Lipinski definition) is 2. The minimum Gasteiger partial charge on any atom is -0.271 e. The van der Waals surface area contributed by atoms with Gasteiger partial charge in [-0.3, -0.25) is 5.84 Å². The highest BCUT2D eigenvalue weighted by atomic mass is 127. The van der Waals surface area contributed by atoms with Gasteiger partial charge in [0.1, 0.15) is 11.6 Å². The van der Waals surface area contributed by atoms with E-state index in [-0.39, 0.29) is 17.7 Å². The molecule has 0 heterocycles. The number of hydrazine groups is 1. The third-order valence-corrected chi connectivity index (χ3v) is 3.89. The zero-order chi connectivity index (χ0) is 14.0. The minimum absolute atomic E-state index is 0.256. The Morgan fingerprint density at radius 2 is 1.89 bits per heavy atom. The Morgan fingerprint density at radius 3 is 2.47 bits per heavy atom. The van der Waals surface area contributed by atoms with Crippen LogP contribution in [0.5, 0.6) is 0 Å². The predicted octanol–water partition coefficient (Wildman–Crippen LogP) is 3.43. The van der Waals surface area contributed by atoms with Gasteiger partial charge in [0.15, 0.2) is 0 Å². The zero-order valence-electron chi connectivity index (χ0n) is 10.3. The maximum Gasteiger partial charge on any atom is 0.126 e. The van der Waals surface area contributed by atoms with E-state index in [0.29, 0.717) is 5.56 Å². The van der Waals surface area contributed by atoms with Crippen molar-refractivity contribution in [2.75, 3.05) is 0 Å². The highest BCUT2D eigenvalue weighted by Crippen LogP contribution is 2.27. The molecule has 1 unspecified atom stereocenters. The van der Waals surface area contributed by atoms with Crippen LogP contribution < -0.4 is 11.3 Å². The number of rotatable bonds is 3. The first kappa shape index (κ1) is 14.4. The highest BCUT2D eigenvalue weighted by Gasteiger charge is 2.16. The van der Waals surface area contributed by atoms with Gasteiger partial charge in [0.05, 0.1) is 6.04 Å². The summed E-state index contributed by atoms with van der Waals surface area (Å²) >= 11 is 2.06. The number of halogens is 3. The number of hydrogen-bond donors (Lipinski definition) is 2. The molecule has 0 aromatic heterocycles. The normalized spacial score (nSPS) is 12.5. The summed E-state index contributed by atoms with van der Waals surface area (Å²) in [5.41, 5.74) is 4.94. The molecule has 0 radical (unpaired) electrons. The van der Waals surface area contributed by atoms with Gasteiger partial charge in [-0.1, -0.05) is 18.2 Å². The summed E-state index contributed by atoms with van der Waals surface area (Å²) < 4.78 is 27.2. The molecule has 5 heteroatoms. The SMILES string of the molecule is Cc1cc(C(NN)c2ccc(F)cc2I)ccc1F. The van der Waals surface area contributed by atoms with Crippen LogP contribution in [0.25, 0.3) is 0 Å². The van der Waals surface area contributed by atoms with E-state index in [9.17, 15) is 8.78 Å². The standard InChI is InChI=1S/C14H13F2IN2/c1-8-6-9(2-5-12(8)16)14(19-18)11-4-3-10(15)7-13(11)17/h2-7,14,19H,18H2,1H3. The molecular formula is C14H13F2IN2. The Kier molecular flexibility index (Phi) is 4.49. The Morgan fingerprint density at radius 1 is 1.16 bits per heavy atom. The Hall–Kier alpha value is -1.05. The lowest BCUT2D eigenvalue weighted by Crippen LogP contribution is -2.29. The van der Waals surface area contributed by atoms with E-state index < -0.39 is 0 Å². The lowest BCUT2D eigenvalue weighted by Gasteiger charge is -2.19. The summed E-state index contributed by atoms with van der Waals surface area (Å²) in [5, 5.41) is 0. The molecule has 0 spiro atoms. The fourth-order valence-corrected chi connectivity index (χ4v) is 2.74. The number of nitrogens with two attached hydrogens (primary N) is 1. The fourth-order valence-electron chi connectivity index (χ4n) is 1.95. The van der Waals surface area contributed by atoms with Gasteiger partial charge in [-0.2, -0.15) is 0 Å². The molecule has 0 aliphatic rings. The number of nitrogens with one attached hydrogen (secondary N) is 1. The molecule has 0 saturated carbocycles. The van der Waals surface area contributed by atoms with E-state index in [0.717, 1.165) is 14.7 Å². The molecule has 0 amide bonds. The van der Waals surface area contributed by atoms with E-state index in [1.54, 1.807) is 25.1 Å². The van der Waals surface area contributed by atoms with Crippen LogP contribution in [-0.4, -0.2) is 0 Å². The Bertz CT molecular complexity index is 602. The van der Waals surface area contributed by atoms with Crippen LogP contribution in [0.2, 0.25) is 0 Å². The van der Waals surface area contributed by atoms with Gasteiger partial charge in [-0.25, -0.2) is 14.2 Å². The molecule has 0 saturated heterocycles. The largest absolute Gasteiger partial charge is 0.271 e. The van der Waals surface area contributed by atoms with Crippen LogP contribution in [-0.2, 0) is 0 Å². The molecule has 0 bridgehead atoms. The molecule has 0 aliphatic carbocycles. The molecular weight excluding hydrogens is 361 g/mol. The monoisotopic (exact) mass is 374 g/mol. The Balaban J connectivity index is 2.46. The van der Waals surface area contributed by atoms with Crippen LogP contribution in [0.4, 0.5) is 8.78 Å². The van der Waals surface area contributed by atoms with Crippen molar-refractivity contribution < 1.29 is 8.78 Å². The van der Waals surface area contributed by atoms with E-state index in [4.69, 9.17) is 5.84 Å². The van der Waals surface area contributed by atoms with E-state index in [2.05, 4.69) is 28.0 Å². The van der Waals surface area contributed by atoms with Gasteiger partial charge in [-0.05, 0) is 64.4 Å². The van der Waals surface area contributed by atoms with Gasteiger partial charge in [-0.15, -0.1) is 0 Å². The van der Waals surface area contributed by atoms with E-state index in [1.165, 1.54) is 18.2 Å². The summed E-state index contributed by atoms with van der Waals surface area (Å²) in [5.74, 6) is 5.04. The first-order chi connectivity index (χ1) is 9.02. The zero-order valence-corrected chi connectivity index (χ0v) is 12.4. The van der Waals surface area contributed by atoms with E-state index >= 15 is 0 Å². The van der Waals surface area contributed by atoms with Crippen LogP contribution in [0.1, 0.15) is 22.7 Å². The summed E-state index contributed by atoms with van der Waals surface area (Å²) in [7, 11) is 0. The van der Waals surface area contributed by atoms with Crippen LogP contribution in [0, 0.1) is 22.1 Å². The van der Waals surface area contributed by atoms with Crippen molar-refractivity contribution in [2.24, 2.45) is 5.84 Å². The molecule has 2 rings (SSSR count). The minimum atomic E-state index is -0.299. The van der Waals surface area contributed by atoms with Gasteiger partial charge < -0.3 is 0 Å². The number of benzene rings is 2. The van der Waals surface area contributed by atoms with Crippen molar-refractivity contribution in [1.29, 1.82) is 0 Å². The third kappa shape index (κ3) is 3.10. The molecule has 1 atom stereocenters. The fraction of sp³-hybridized carbons (Fsp3) is 0.143. The lowest BCUT2D eigenvalue weighted by atomic mass is 9.98. The van der Waals surface area contributed by atoms with Crippen LogP contribution in [0.15, 0.2) is 36.4 Å².